The molecular formula is C12H22O2. The van der Waals surface area contributed by atoms with E-state index in [1.807, 2.05) is 6.08 Å². The normalized spacial score (nSPS) is 12.4. The highest BCUT2D eigenvalue weighted by atomic mass is 16.4. The molecular weight excluding hydrogens is 176 g/mol. The van der Waals surface area contributed by atoms with E-state index in [4.69, 9.17) is 5.11 Å². The van der Waals surface area contributed by atoms with Crippen molar-refractivity contribution in [1.29, 1.82) is 0 Å². The molecule has 0 aromatic rings. The molecule has 2 nitrogen and oxygen atoms in total. The van der Waals surface area contributed by atoms with Gasteiger partial charge in [0, 0.05) is 0 Å². The second kappa shape index (κ2) is 8.79. The smallest absolute Gasteiger partial charge is 0.306 e. The quantitative estimate of drug-likeness (QED) is 0.454. The molecule has 1 unspecified atom stereocenters. The molecule has 0 aromatic heterocycles. The summed E-state index contributed by atoms with van der Waals surface area (Å²) in [4.78, 5) is 10.9. The SMILES string of the molecule is C=CCCCC(CCCCC)C(=O)O. The van der Waals surface area contributed by atoms with Gasteiger partial charge in [0.1, 0.15) is 0 Å². The van der Waals surface area contributed by atoms with Crippen LogP contribution in [0.3, 0.4) is 0 Å². The summed E-state index contributed by atoms with van der Waals surface area (Å²) in [5.41, 5.74) is 0. The largest absolute Gasteiger partial charge is 0.481 e. The summed E-state index contributed by atoms with van der Waals surface area (Å²) in [5, 5.41) is 8.95. The summed E-state index contributed by atoms with van der Waals surface area (Å²) >= 11 is 0. The van der Waals surface area contributed by atoms with Gasteiger partial charge in [0.15, 0.2) is 0 Å². The van der Waals surface area contributed by atoms with Crippen molar-refractivity contribution in [2.24, 2.45) is 5.92 Å². The number of carboxylic acid groups (broad SMARTS) is 1. The van der Waals surface area contributed by atoms with Crippen molar-refractivity contribution in [2.45, 2.75) is 51.9 Å². The van der Waals surface area contributed by atoms with E-state index in [2.05, 4.69) is 13.5 Å². The van der Waals surface area contributed by atoms with Gasteiger partial charge < -0.3 is 5.11 Å². The Morgan fingerprint density at radius 3 is 2.50 bits per heavy atom. The first-order valence-electron chi connectivity index (χ1n) is 5.56. The number of carboxylic acids is 1. The zero-order chi connectivity index (χ0) is 10.8. The van der Waals surface area contributed by atoms with Gasteiger partial charge in [-0.2, -0.15) is 0 Å². The highest BCUT2D eigenvalue weighted by molar-refractivity contribution is 5.69. The minimum Gasteiger partial charge on any atom is -0.481 e. The maximum atomic E-state index is 10.9. The van der Waals surface area contributed by atoms with Crippen molar-refractivity contribution in [3.05, 3.63) is 12.7 Å². The van der Waals surface area contributed by atoms with E-state index in [0.717, 1.165) is 44.9 Å². The van der Waals surface area contributed by atoms with E-state index in [1.165, 1.54) is 0 Å². The van der Waals surface area contributed by atoms with E-state index in [0.29, 0.717) is 0 Å². The topological polar surface area (TPSA) is 37.3 Å². The lowest BCUT2D eigenvalue weighted by Crippen LogP contribution is -2.13. The number of unbranched alkanes of at least 4 members (excludes halogenated alkanes) is 3. The molecule has 2 heteroatoms. The number of aliphatic carboxylic acids is 1. The number of carbonyl (C=O) groups is 1. The van der Waals surface area contributed by atoms with Crippen LogP contribution >= 0.6 is 0 Å². The maximum absolute atomic E-state index is 10.9. The second-order valence-electron chi connectivity index (χ2n) is 3.75. The molecule has 14 heavy (non-hydrogen) atoms. The van der Waals surface area contributed by atoms with E-state index in [-0.39, 0.29) is 5.92 Å². The Labute approximate surface area is 87.0 Å². The molecule has 0 spiro atoms. The van der Waals surface area contributed by atoms with Crippen molar-refractivity contribution in [2.75, 3.05) is 0 Å². The predicted molar refractivity (Wildman–Crippen MR) is 59.3 cm³/mol. The fraction of sp³-hybridized carbons (Fsp3) is 0.750. The predicted octanol–water partition coefficient (Wildman–Crippen LogP) is 3.62. The summed E-state index contributed by atoms with van der Waals surface area (Å²) in [6.07, 6.45) is 8.70. The summed E-state index contributed by atoms with van der Waals surface area (Å²) < 4.78 is 0. The van der Waals surface area contributed by atoms with Crippen molar-refractivity contribution < 1.29 is 9.90 Å². The van der Waals surface area contributed by atoms with Crippen LogP contribution in [0.5, 0.6) is 0 Å². The third-order valence-electron chi connectivity index (χ3n) is 2.47. The monoisotopic (exact) mass is 198 g/mol. The molecule has 0 radical (unpaired) electrons. The van der Waals surface area contributed by atoms with Gasteiger partial charge in [-0.05, 0) is 25.7 Å². The number of allylic oxidation sites excluding steroid dienone is 1. The van der Waals surface area contributed by atoms with Crippen LogP contribution in [0.1, 0.15) is 51.9 Å². The molecule has 0 saturated heterocycles. The molecule has 0 aliphatic rings. The van der Waals surface area contributed by atoms with Crippen LogP contribution in [0.15, 0.2) is 12.7 Å². The van der Waals surface area contributed by atoms with E-state index in [1.54, 1.807) is 0 Å². The molecule has 1 N–H and O–H groups in total. The Morgan fingerprint density at radius 1 is 1.36 bits per heavy atom. The lowest BCUT2D eigenvalue weighted by molar-refractivity contribution is -0.142. The van der Waals surface area contributed by atoms with Gasteiger partial charge in [-0.25, -0.2) is 0 Å². The van der Waals surface area contributed by atoms with Crippen LogP contribution < -0.4 is 0 Å². The van der Waals surface area contributed by atoms with Gasteiger partial charge in [0.2, 0.25) is 0 Å². The molecule has 0 saturated carbocycles. The molecule has 0 amide bonds. The Kier molecular flexibility index (Phi) is 8.30. The van der Waals surface area contributed by atoms with Gasteiger partial charge in [-0.15, -0.1) is 6.58 Å². The van der Waals surface area contributed by atoms with Crippen LogP contribution in [0.4, 0.5) is 0 Å². The average molecular weight is 198 g/mol. The lowest BCUT2D eigenvalue weighted by Gasteiger charge is -2.10. The fourth-order valence-electron chi connectivity index (χ4n) is 1.54. The first-order valence-corrected chi connectivity index (χ1v) is 5.56. The number of rotatable bonds is 9. The molecule has 0 rings (SSSR count). The van der Waals surface area contributed by atoms with Gasteiger partial charge in [0.05, 0.1) is 5.92 Å². The second-order valence-corrected chi connectivity index (χ2v) is 3.75. The molecule has 1 atom stereocenters. The van der Waals surface area contributed by atoms with Gasteiger partial charge >= 0.3 is 5.97 Å². The highest BCUT2D eigenvalue weighted by Gasteiger charge is 2.15. The van der Waals surface area contributed by atoms with Crippen molar-refractivity contribution >= 4 is 5.97 Å². The van der Waals surface area contributed by atoms with Crippen LogP contribution in [0.25, 0.3) is 0 Å². The fourth-order valence-corrected chi connectivity index (χ4v) is 1.54. The molecule has 0 aromatic carbocycles. The summed E-state index contributed by atoms with van der Waals surface area (Å²) in [5.74, 6) is -0.772. The number of hydrogen-bond donors (Lipinski definition) is 1. The molecule has 0 fully saturated rings. The Balaban J connectivity index is 3.66. The minimum atomic E-state index is -0.634. The standard InChI is InChI=1S/C12H22O2/c1-3-5-7-9-11(12(13)14)10-8-6-4-2/h3,11H,1,4-10H2,2H3,(H,13,14). The Hall–Kier alpha value is -0.790. The average Bonchev–Trinajstić information content (AvgIpc) is 2.15. The van der Waals surface area contributed by atoms with E-state index < -0.39 is 5.97 Å². The highest BCUT2D eigenvalue weighted by Crippen LogP contribution is 2.17. The molecule has 0 heterocycles. The summed E-state index contributed by atoms with van der Waals surface area (Å²) in [6, 6.07) is 0. The van der Waals surface area contributed by atoms with Gasteiger partial charge in [-0.1, -0.05) is 32.3 Å². The van der Waals surface area contributed by atoms with Crippen LogP contribution in [0.2, 0.25) is 0 Å². The van der Waals surface area contributed by atoms with E-state index >= 15 is 0 Å². The summed E-state index contributed by atoms with van der Waals surface area (Å²) in [6.45, 7) is 5.76. The van der Waals surface area contributed by atoms with Crippen molar-refractivity contribution in [1.82, 2.24) is 0 Å². The molecule has 0 aliphatic carbocycles. The van der Waals surface area contributed by atoms with E-state index in [9.17, 15) is 4.79 Å². The Bertz CT molecular complexity index is 164. The first-order chi connectivity index (χ1) is 6.72. The summed E-state index contributed by atoms with van der Waals surface area (Å²) in [7, 11) is 0. The van der Waals surface area contributed by atoms with Gasteiger partial charge in [-0.3, -0.25) is 4.79 Å². The lowest BCUT2D eigenvalue weighted by atomic mass is 9.95. The third kappa shape index (κ3) is 6.70. The maximum Gasteiger partial charge on any atom is 0.306 e. The zero-order valence-corrected chi connectivity index (χ0v) is 9.17. The van der Waals surface area contributed by atoms with Crippen LogP contribution in [0, 0.1) is 5.92 Å². The molecule has 0 bridgehead atoms. The van der Waals surface area contributed by atoms with Crippen molar-refractivity contribution in [3.63, 3.8) is 0 Å². The van der Waals surface area contributed by atoms with Crippen molar-refractivity contribution in [3.8, 4) is 0 Å². The first kappa shape index (κ1) is 13.2. The molecule has 82 valence electrons. The van der Waals surface area contributed by atoms with Crippen LogP contribution in [-0.4, -0.2) is 11.1 Å². The Morgan fingerprint density at radius 2 is 2.00 bits per heavy atom. The minimum absolute atomic E-state index is 0.138. The van der Waals surface area contributed by atoms with Gasteiger partial charge in [0.25, 0.3) is 0 Å². The zero-order valence-electron chi connectivity index (χ0n) is 9.17. The molecule has 0 aliphatic heterocycles. The third-order valence-corrected chi connectivity index (χ3v) is 2.47. The van der Waals surface area contributed by atoms with Crippen LogP contribution in [-0.2, 0) is 4.79 Å². The number of hydrogen-bond acceptors (Lipinski definition) is 1.